The molecule has 0 spiro atoms. The Morgan fingerprint density at radius 1 is 1.19 bits per heavy atom. The van der Waals surface area contributed by atoms with Gasteiger partial charge in [-0.15, -0.1) is 0 Å². The molecule has 8 nitrogen and oxygen atoms in total. The van der Waals surface area contributed by atoms with Crippen LogP contribution in [0.3, 0.4) is 0 Å². The van der Waals surface area contributed by atoms with Gasteiger partial charge < -0.3 is 24.3 Å². The zero-order chi connectivity index (χ0) is 23.1. The molecule has 0 aromatic heterocycles. The maximum atomic E-state index is 12.4. The summed E-state index contributed by atoms with van der Waals surface area (Å²) in [6.45, 7) is 2.26. The van der Waals surface area contributed by atoms with E-state index in [-0.39, 0.29) is 12.5 Å². The van der Waals surface area contributed by atoms with Crippen molar-refractivity contribution in [3.05, 3.63) is 51.3 Å². The third-order valence-electron chi connectivity index (χ3n) is 4.14. The van der Waals surface area contributed by atoms with E-state index < -0.39 is 5.97 Å². The number of carbonyl (C=O) groups is 2. The summed E-state index contributed by atoms with van der Waals surface area (Å²) in [5.74, 6) is 0.770. The van der Waals surface area contributed by atoms with Crippen LogP contribution in [0.4, 0.5) is 5.69 Å². The summed E-state index contributed by atoms with van der Waals surface area (Å²) >= 11 is 4.65. The number of esters is 1. The number of benzene rings is 2. The van der Waals surface area contributed by atoms with Crippen LogP contribution in [0.1, 0.15) is 12.5 Å². The molecular formula is C22H21BrN2O6S. The van der Waals surface area contributed by atoms with Crippen LogP contribution >= 0.6 is 27.7 Å². The van der Waals surface area contributed by atoms with E-state index in [1.807, 2.05) is 31.2 Å². The van der Waals surface area contributed by atoms with Gasteiger partial charge in [-0.1, -0.05) is 0 Å². The lowest BCUT2D eigenvalue weighted by molar-refractivity contribution is -0.142. The van der Waals surface area contributed by atoms with Gasteiger partial charge in [-0.3, -0.25) is 4.79 Å². The Bertz CT molecular complexity index is 1070. The van der Waals surface area contributed by atoms with E-state index in [0.29, 0.717) is 43.9 Å². The Morgan fingerprint density at radius 3 is 2.59 bits per heavy atom. The quantitative estimate of drug-likeness (QED) is 0.409. The van der Waals surface area contributed by atoms with Gasteiger partial charge in [0.05, 0.1) is 35.9 Å². The molecule has 0 aliphatic carbocycles. The number of amidine groups is 1. The summed E-state index contributed by atoms with van der Waals surface area (Å²) in [6, 6.07) is 10.8. The first kappa shape index (κ1) is 23.7. The van der Waals surface area contributed by atoms with Gasteiger partial charge in [-0.25, -0.2) is 9.79 Å². The predicted octanol–water partition coefficient (Wildman–Crippen LogP) is 4.30. The first-order chi connectivity index (χ1) is 15.4. The molecule has 1 N–H and O–H groups in total. The van der Waals surface area contributed by atoms with E-state index >= 15 is 0 Å². The standard InChI is InChI=1S/C22H21BrN2O6S/c1-4-30-15-7-5-14(6-8-15)24-22-25-21(27)18(32-22)11-13-9-16(23)20(17(10-13)28-2)31-12-19(26)29-3/h5-11H,4,12H2,1-3H3,(H,24,25,27)/b18-11+. The largest absolute Gasteiger partial charge is 0.494 e. The third kappa shape index (κ3) is 6.04. The molecule has 32 heavy (non-hydrogen) atoms. The molecule has 0 unspecified atom stereocenters. The molecule has 3 rings (SSSR count). The van der Waals surface area contributed by atoms with Crippen molar-refractivity contribution in [2.45, 2.75) is 6.92 Å². The van der Waals surface area contributed by atoms with Crippen molar-refractivity contribution >= 4 is 56.5 Å². The maximum absolute atomic E-state index is 12.4. The number of ether oxygens (including phenoxy) is 4. The molecule has 1 amide bonds. The SMILES string of the molecule is CCOc1ccc(N=C2NC(=O)/C(=C\c3cc(Br)c(OCC(=O)OC)c(OC)c3)S2)cc1. The second-order valence-electron chi connectivity index (χ2n) is 6.31. The van der Waals surface area contributed by atoms with Gasteiger partial charge in [0.2, 0.25) is 0 Å². The van der Waals surface area contributed by atoms with Gasteiger partial charge >= 0.3 is 5.97 Å². The smallest absolute Gasteiger partial charge is 0.343 e. The second-order valence-corrected chi connectivity index (χ2v) is 8.19. The van der Waals surface area contributed by atoms with Crippen LogP contribution in [0.15, 0.2) is 50.8 Å². The molecule has 2 aromatic carbocycles. The van der Waals surface area contributed by atoms with Crippen molar-refractivity contribution in [2.75, 3.05) is 27.4 Å². The summed E-state index contributed by atoms with van der Waals surface area (Å²) in [7, 11) is 2.77. The first-order valence-electron chi connectivity index (χ1n) is 9.53. The zero-order valence-corrected chi connectivity index (χ0v) is 20.0. The van der Waals surface area contributed by atoms with Crippen LogP contribution in [0.25, 0.3) is 6.08 Å². The molecular weight excluding hydrogens is 500 g/mol. The van der Waals surface area contributed by atoms with Gasteiger partial charge in [-0.2, -0.15) is 0 Å². The summed E-state index contributed by atoms with van der Waals surface area (Å²) in [5.41, 5.74) is 1.41. The lowest BCUT2D eigenvalue weighted by Gasteiger charge is -2.12. The minimum Gasteiger partial charge on any atom is -0.494 e. The highest BCUT2D eigenvalue weighted by atomic mass is 79.9. The fourth-order valence-electron chi connectivity index (χ4n) is 2.69. The molecule has 0 radical (unpaired) electrons. The van der Waals surface area contributed by atoms with Crippen molar-refractivity contribution in [3.63, 3.8) is 0 Å². The fraction of sp³-hybridized carbons (Fsp3) is 0.227. The van der Waals surface area contributed by atoms with Crippen LogP contribution in [-0.4, -0.2) is 44.5 Å². The van der Waals surface area contributed by atoms with Crippen molar-refractivity contribution in [1.82, 2.24) is 5.32 Å². The number of nitrogens with one attached hydrogen (secondary N) is 1. The molecule has 1 fully saturated rings. The number of thioether (sulfide) groups is 1. The van der Waals surface area contributed by atoms with Crippen LogP contribution in [-0.2, 0) is 14.3 Å². The normalized spacial score (nSPS) is 15.6. The monoisotopic (exact) mass is 520 g/mol. The number of aliphatic imine (C=N–C) groups is 1. The molecule has 1 heterocycles. The zero-order valence-electron chi connectivity index (χ0n) is 17.6. The summed E-state index contributed by atoms with van der Waals surface area (Å²) < 4.78 is 21.4. The van der Waals surface area contributed by atoms with Crippen molar-refractivity contribution < 1.29 is 28.5 Å². The molecule has 1 saturated heterocycles. The highest BCUT2D eigenvalue weighted by molar-refractivity contribution is 9.10. The van der Waals surface area contributed by atoms with Crippen molar-refractivity contribution in [3.8, 4) is 17.2 Å². The van der Waals surface area contributed by atoms with Crippen molar-refractivity contribution in [1.29, 1.82) is 0 Å². The molecule has 0 saturated carbocycles. The fourth-order valence-corrected chi connectivity index (χ4v) is 4.10. The number of halogens is 1. The number of hydrogen-bond donors (Lipinski definition) is 1. The Labute approximate surface area is 198 Å². The average Bonchev–Trinajstić information content (AvgIpc) is 3.12. The van der Waals surface area contributed by atoms with E-state index in [9.17, 15) is 9.59 Å². The van der Waals surface area contributed by atoms with Crippen LogP contribution in [0.5, 0.6) is 17.2 Å². The van der Waals surface area contributed by atoms with E-state index in [0.717, 1.165) is 5.75 Å². The van der Waals surface area contributed by atoms with Gasteiger partial charge in [0, 0.05) is 0 Å². The van der Waals surface area contributed by atoms with Gasteiger partial charge in [0.15, 0.2) is 23.3 Å². The highest BCUT2D eigenvalue weighted by Crippen LogP contribution is 2.38. The number of carbonyl (C=O) groups excluding carboxylic acids is 2. The summed E-state index contributed by atoms with van der Waals surface area (Å²) in [6.07, 6.45) is 1.72. The molecule has 168 valence electrons. The lowest BCUT2D eigenvalue weighted by atomic mass is 10.2. The Hall–Kier alpha value is -2.98. The van der Waals surface area contributed by atoms with E-state index in [2.05, 4.69) is 31.0 Å². The summed E-state index contributed by atoms with van der Waals surface area (Å²) in [4.78, 5) is 28.7. The first-order valence-corrected chi connectivity index (χ1v) is 11.1. The topological polar surface area (TPSA) is 95.5 Å². The average molecular weight is 521 g/mol. The maximum Gasteiger partial charge on any atom is 0.343 e. The third-order valence-corrected chi connectivity index (χ3v) is 5.64. The Balaban J connectivity index is 1.78. The minimum absolute atomic E-state index is 0.249. The van der Waals surface area contributed by atoms with E-state index in [1.165, 1.54) is 26.0 Å². The molecule has 10 heteroatoms. The predicted molar refractivity (Wildman–Crippen MR) is 127 cm³/mol. The highest BCUT2D eigenvalue weighted by Gasteiger charge is 2.24. The van der Waals surface area contributed by atoms with Gasteiger partial charge in [0.1, 0.15) is 5.75 Å². The van der Waals surface area contributed by atoms with Crippen LogP contribution < -0.4 is 19.5 Å². The molecule has 0 atom stereocenters. The van der Waals surface area contributed by atoms with E-state index in [4.69, 9.17) is 14.2 Å². The van der Waals surface area contributed by atoms with Crippen LogP contribution in [0.2, 0.25) is 0 Å². The van der Waals surface area contributed by atoms with Crippen molar-refractivity contribution in [2.24, 2.45) is 4.99 Å². The number of rotatable bonds is 8. The number of methoxy groups -OCH3 is 2. The molecule has 0 bridgehead atoms. The Morgan fingerprint density at radius 2 is 1.94 bits per heavy atom. The Kier molecular flexibility index (Phi) is 8.18. The van der Waals surface area contributed by atoms with E-state index in [1.54, 1.807) is 18.2 Å². The van der Waals surface area contributed by atoms with Gasteiger partial charge in [0.25, 0.3) is 5.91 Å². The minimum atomic E-state index is -0.511. The number of nitrogens with zero attached hydrogens (tertiary/aromatic N) is 1. The lowest BCUT2D eigenvalue weighted by Crippen LogP contribution is -2.19. The van der Waals surface area contributed by atoms with Crippen LogP contribution in [0, 0.1) is 0 Å². The van der Waals surface area contributed by atoms with Gasteiger partial charge in [-0.05, 0) is 82.7 Å². The molecule has 1 aliphatic heterocycles. The molecule has 1 aliphatic rings. The molecule has 2 aromatic rings. The number of hydrogen-bond acceptors (Lipinski definition) is 8. The summed E-state index contributed by atoms with van der Waals surface area (Å²) in [5, 5.41) is 3.24. The number of amides is 1. The second kappa shape index (κ2) is 11.1.